The van der Waals surface area contributed by atoms with Gasteiger partial charge in [0.1, 0.15) is 12.4 Å². The average Bonchev–Trinajstić information content (AvgIpc) is 2.96. The highest BCUT2D eigenvalue weighted by atomic mass is 16.5. The molecule has 2 heterocycles. The van der Waals surface area contributed by atoms with Crippen molar-refractivity contribution < 1.29 is 14.3 Å². The molecule has 148 valence electrons. The molecule has 8 heteroatoms. The van der Waals surface area contributed by atoms with E-state index in [2.05, 4.69) is 20.5 Å². The van der Waals surface area contributed by atoms with Crippen molar-refractivity contribution in [3.63, 3.8) is 0 Å². The van der Waals surface area contributed by atoms with Crippen LogP contribution in [0.2, 0.25) is 0 Å². The van der Waals surface area contributed by atoms with Gasteiger partial charge in [-0.25, -0.2) is 9.78 Å². The fourth-order valence-corrected chi connectivity index (χ4v) is 3.07. The number of carbonyl (C=O) groups excluding carboxylic acids is 2. The van der Waals surface area contributed by atoms with Gasteiger partial charge in [0.2, 0.25) is 5.91 Å². The Hall–Kier alpha value is -3.13. The Morgan fingerprint density at radius 2 is 1.79 bits per heavy atom. The van der Waals surface area contributed by atoms with Gasteiger partial charge in [-0.15, -0.1) is 0 Å². The van der Waals surface area contributed by atoms with Gasteiger partial charge in [0, 0.05) is 39.0 Å². The van der Waals surface area contributed by atoms with Crippen molar-refractivity contribution in [3.8, 4) is 0 Å². The molecule has 0 aliphatic carbocycles. The fourth-order valence-electron chi connectivity index (χ4n) is 3.07. The fraction of sp³-hybridized carbons (Fsp3) is 0.350. The number of urea groups is 1. The van der Waals surface area contributed by atoms with E-state index in [-0.39, 0.29) is 18.5 Å². The number of pyridine rings is 1. The average molecular weight is 383 g/mol. The van der Waals surface area contributed by atoms with Crippen LogP contribution in [-0.2, 0) is 9.53 Å². The Morgan fingerprint density at radius 1 is 1.00 bits per heavy atom. The quantitative estimate of drug-likeness (QED) is 0.828. The highest BCUT2D eigenvalue weighted by Gasteiger charge is 2.19. The van der Waals surface area contributed by atoms with Gasteiger partial charge in [-0.05, 0) is 30.7 Å². The Kier molecular flexibility index (Phi) is 6.80. The van der Waals surface area contributed by atoms with Crippen molar-refractivity contribution >= 4 is 29.1 Å². The van der Waals surface area contributed by atoms with E-state index in [9.17, 15) is 9.59 Å². The second kappa shape index (κ2) is 9.70. The van der Waals surface area contributed by atoms with E-state index in [4.69, 9.17) is 4.74 Å². The van der Waals surface area contributed by atoms with Crippen LogP contribution in [0.5, 0.6) is 0 Å². The van der Waals surface area contributed by atoms with Crippen molar-refractivity contribution in [2.45, 2.75) is 6.42 Å². The number of hydrogen-bond acceptors (Lipinski definition) is 5. The van der Waals surface area contributed by atoms with Gasteiger partial charge < -0.3 is 25.2 Å². The minimum Gasteiger partial charge on any atom is -0.375 e. The predicted octanol–water partition coefficient (Wildman–Crippen LogP) is 2.41. The molecule has 1 aliphatic heterocycles. The lowest BCUT2D eigenvalue weighted by atomic mass is 10.3. The van der Waals surface area contributed by atoms with E-state index in [1.165, 1.54) is 7.11 Å². The summed E-state index contributed by atoms with van der Waals surface area (Å²) in [6.07, 6.45) is 2.51. The zero-order valence-corrected chi connectivity index (χ0v) is 15.9. The van der Waals surface area contributed by atoms with Crippen LogP contribution in [0.15, 0.2) is 48.7 Å². The van der Waals surface area contributed by atoms with E-state index in [1.54, 1.807) is 6.20 Å². The molecule has 3 amide bonds. The second-order valence-electron chi connectivity index (χ2n) is 6.50. The van der Waals surface area contributed by atoms with E-state index in [1.807, 2.05) is 47.4 Å². The lowest BCUT2D eigenvalue weighted by molar-refractivity contribution is -0.134. The highest BCUT2D eigenvalue weighted by Crippen LogP contribution is 2.17. The second-order valence-corrected chi connectivity index (χ2v) is 6.50. The lowest BCUT2D eigenvalue weighted by Gasteiger charge is -2.23. The summed E-state index contributed by atoms with van der Waals surface area (Å²) in [5.41, 5.74) is 1.34. The van der Waals surface area contributed by atoms with Crippen molar-refractivity contribution in [1.29, 1.82) is 0 Å². The van der Waals surface area contributed by atoms with E-state index >= 15 is 0 Å². The first-order valence-electron chi connectivity index (χ1n) is 9.26. The summed E-state index contributed by atoms with van der Waals surface area (Å²) in [6, 6.07) is 12.6. The monoisotopic (exact) mass is 383 g/mol. The van der Waals surface area contributed by atoms with Crippen LogP contribution in [0.4, 0.5) is 22.0 Å². The largest absolute Gasteiger partial charge is 0.375 e. The number of carbonyl (C=O) groups is 2. The third-order valence-corrected chi connectivity index (χ3v) is 4.48. The summed E-state index contributed by atoms with van der Waals surface area (Å²) in [5, 5.41) is 5.54. The van der Waals surface area contributed by atoms with Crippen LogP contribution in [0.25, 0.3) is 0 Å². The number of benzene rings is 1. The van der Waals surface area contributed by atoms with Gasteiger partial charge in [-0.2, -0.15) is 0 Å². The predicted molar refractivity (Wildman–Crippen MR) is 109 cm³/mol. The first kappa shape index (κ1) is 19.6. The summed E-state index contributed by atoms with van der Waals surface area (Å²) in [4.78, 5) is 32.5. The van der Waals surface area contributed by atoms with E-state index in [0.717, 1.165) is 31.0 Å². The minimum atomic E-state index is -0.317. The maximum absolute atomic E-state index is 12.1. The molecule has 0 saturated carbocycles. The number of para-hydroxylation sites is 1. The van der Waals surface area contributed by atoms with Crippen molar-refractivity contribution in [2.75, 3.05) is 55.4 Å². The SMILES string of the molecule is COCC(=O)N1CCCN(c2ccc(NC(=O)Nc3ccccc3)cn2)CC1. The molecular weight excluding hydrogens is 358 g/mol. The number of hydrogen-bond donors (Lipinski definition) is 2. The van der Waals surface area contributed by atoms with Crippen LogP contribution >= 0.6 is 0 Å². The minimum absolute atomic E-state index is 0.0151. The van der Waals surface area contributed by atoms with Gasteiger partial charge in [0.05, 0.1) is 11.9 Å². The molecule has 28 heavy (non-hydrogen) atoms. The van der Waals surface area contributed by atoms with Crippen LogP contribution < -0.4 is 15.5 Å². The molecule has 0 spiro atoms. The Labute approximate surface area is 164 Å². The van der Waals surface area contributed by atoms with Gasteiger partial charge in [0.25, 0.3) is 0 Å². The molecule has 0 radical (unpaired) electrons. The number of nitrogens with one attached hydrogen (secondary N) is 2. The van der Waals surface area contributed by atoms with Crippen LogP contribution in [0, 0.1) is 0 Å². The molecule has 3 rings (SSSR count). The summed E-state index contributed by atoms with van der Waals surface area (Å²) >= 11 is 0. The molecule has 8 nitrogen and oxygen atoms in total. The third-order valence-electron chi connectivity index (χ3n) is 4.48. The van der Waals surface area contributed by atoms with Gasteiger partial charge in [-0.1, -0.05) is 18.2 Å². The maximum Gasteiger partial charge on any atom is 0.323 e. The topological polar surface area (TPSA) is 86.8 Å². The molecule has 1 saturated heterocycles. The highest BCUT2D eigenvalue weighted by molar-refractivity contribution is 5.99. The maximum atomic E-state index is 12.1. The molecule has 2 N–H and O–H groups in total. The molecule has 1 aromatic heterocycles. The third kappa shape index (κ3) is 5.43. The zero-order valence-electron chi connectivity index (χ0n) is 15.9. The molecule has 0 atom stereocenters. The molecular formula is C20H25N5O3. The zero-order chi connectivity index (χ0) is 19.8. The first-order chi connectivity index (χ1) is 13.7. The van der Waals surface area contributed by atoms with Crippen molar-refractivity contribution in [3.05, 3.63) is 48.7 Å². The summed E-state index contributed by atoms with van der Waals surface area (Å²) in [7, 11) is 1.53. The normalized spacial score (nSPS) is 14.3. The van der Waals surface area contributed by atoms with Gasteiger partial charge >= 0.3 is 6.03 Å². The number of methoxy groups -OCH3 is 1. The van der Waals surface area contributed by atoms with Crippen LogP contribution in [0.3, 0.4) is 0 Å². The number of aromatic nitrogens is 1. The molecule has 1 aliphatic rings. The molecule has 0 bridgehead atoms. The van der Waals surface area contributed by atoms with Gasteiger partial charge in [0.15, 0.2) is 0 Å². The van der Waals surface area contributed by atoms with E-state index in [0.29, 0.717) is 18.8 Å². The summed E-state index contributed by atoms with van der Waals surface area (Å²) in [5.74, 6) is 0.844. The van der Waals surface area contributed by atoms with E-state index < -0.39 is 0 Å². The summed E-state index contributed by atoms with van der Waals surface area (Å²) < 4.78 is 4.93. The standard InChI is InChI=1S/C20H25N5O3/c1-28-15-19(26)25-11-5-10-24(12-13-25)18-9-8-17(14-21-18)23-20(27)22-16-6-3-2-4-7-16/h2-4,6-9,14H,5,10-13,15H2,1H3,(H2,22,23,27). The Bertz CT molecular complexity index is 782. The lowest BCUT2D eigenvalue weighted by Crippen LogP contribution is -2.37. The van der Waals surface area contributed by atoms with Crippen LogP contribution in [0.1, 0.15) is 6.42 Å². The molecule has 0 unspecified atom stereocenters. The Balaban J connectivity index is 1.54. The first-order valence-corrected chi connectivity index (χ1v) is 9.26. The molecule has 1 fully saturated rings. The number of amides is 3. The van der Waals surface area contributed by atoms with Crippen molar-refractivity contribution in [2.24, 2.45) is 0 Å². The molecule has 2 aromatic rings. The number of ether oxygens (including phenoxy) is 1. The number of rotatable bonds is 5. The number of anilines is 3. The van der Waals surface area contributed by atoms with Crippen LogP contribution in [-0.4, -0.2) is 61.7 Å². The smallest absolute Gasteiger partial charge is 0.323 e. The summed E-state index contributed by atoms with van der Waals surface area (Å²) in [6.45, 7) is 3.01. The van der Waals surface area contributed by atoms with Crippen molar-refractivity contribution in [1.82, 2.24) is 9.88 Å². The number of nitrogens with zero attached hydrogens (tertiary/aromatic N) is 3. The Morgan fingerprint density at radius 3 is 2.50 bits per heavy atom. The molecule has 1 aromatic carbocycles. The van der Waals surface area contributed by atoms with Gasteiger partial charge in [-0.3, -0.25) is 4.79 Å².